The number of aromatic nitrogens is 8. The van der Waals surface area contributed by atoms with Crippen LogP contribution in [0.1, 0.15) is 46.7 Å². The van der Waals surface area contributed by atoms with Crippen molar-refractivity contribution >= 4 is 28.0 Å². The van der Waals surface area contributed by atoms with E-state index in [-0.39, 0.29) is 17.7 Å². The number of hydrogen-bond donors (Lipinski definition) is 0. The van der Waals surface area contributed by atoms with Crippen molar-refractivity contribution in [1.82, 2.24) is 39.3 Å². The van der Waals surface area contributed by atoms with E-state index in [9.17, 15) is 4.79 Å². The summed E-state index contributed by atoms with van der Waals surface area (Å²) in [5.41, 5.74) is 6.55. The van der Waals surface area contributed by atoms with E-state index in [1.165, 1.54) is 7.11 Å². The fourth-order valence-corrected chi connectivity index (χ4v) is 5.59. The molecule has 5 aromatic heterocycles. The van der Waals surface area contributed by atoms with Crippen molar-refractivity contribution in [3.05, 3.63) is 41.5 Å². The Balaban J connectivity index is 1.72. The maximum Gasteiger partial charge on any atom is 0.360 e. The van der Waals surface area contributed by atoms with Crippen LogP contribution < -0.4 is 0 Å². The molecule has 1 fully saturated rings. The van der Waals surface area contributed by atoms with Crippen molar-refractivity contribution in [1.29, 1.82) is 0 Å². The molecule has 12 heteroatoms. The van der Waals surface area contributed by atoms with Crippen molar-refractivity contribution in [2.45, 2.75) is 32.7 Å². The molecule has 192 valence electrons. The minimum absolute atomic E-state index is 0.187. The predicted octanol–water partition coefficient (Wildman–Crippen LogP) is 3.13. The second-order valence-corrected chi connectivity index (χ2v) is 9.46. The van der Waals surface area contributed by atoms with E-state index < -0.39 is 5.97 Å². The first kappa shape index (κ1) is 23.3. The van der Waals surface area contributed by atoms with Crippen LogP contribution in [0.2, 0.25) is 0 Å². The van der Waals surface area contributed by atoms with Gasteiger partial charge in [0, 0.05) is 46.0 Å². The smallest absolute Gasteiger partial charge is 0.360 e. The Hall–Kier alpha value is -4.06. The lowest BCUT2D eigenvalue weighted by Crippen LogP contribution is -2.27. The van der Waals surface area contributed by atoms with Gasteiger partial charge in [0.2, 0.25) is 0 Å². The van der Waals surface area contributed by atoms with Gasteiger partial charge in [-0.15, -0.1) is 5.10 Å². The number of rotatable bonds is 5. The Morgan fingerprint density at radius 1 is 1.16 bits per heavy atom. The molecule has 37 heavy (non-hydrogen) atoms. The monoisotopic (exact) mass is 504 g/mol. The quantitative estimate of drug-likeness (QED) is 0.332. The molecule has 0 spiro atoms. The molecular formula is C25H28N8O4. The minimum atomic E-state index is -0.511. The van der Waals surface area contributed by atoms with Gasteiger partial charge in [0.25, 0.3) is 0 Å². The van der Waals surface area contributed by atoms with E-state index in [1.807, 2.05) is 34.1 Å². The van der Waals surface area contributed by atoms with Crippen LogP contribution in [-0.4, -0.2) is 65.6 Å². The summed E-state index contributed by atoms with van der Waals surface area (Å²) < 4.78 is 22.1. The van der Waals surface area contributed by atoms with Gasteiger partial charge in [0.15, 0.2) is 11.6 Å². The number of aryl methyl sites for hydroxylation is 4. The van der Waals surface area contributed by atoms with Crippen LogP contribution in [0.15, 0.2) is 22.9 Å². The summed E-state index contributed by atoms with van der Waals surface area (Å²) in [5.74, 6) is 0.254. The summed E-state index contributed by atoms with van der Waals surface area (Å²) in [6, 6.07) is 1.84. The Labute approximate surface area is 212 Å². The largest absolute Gasteiger partial charge is 0.464 e. The zero-order valence-corrected chi connectivity index (χ0v) is 21.4. The van der Waals surface area contributed by atoms with E-state index in [2.05, 4.69) is 26.0 Å². The number of oxazole rings is 1. The molecule has 0 aromatic carbocycles. The van der Waals surface area contributed by atoms with Gasteiger partial charge in [-0.1, -0.05) is 5.21 Å². The normalized spacial score (nSPS) is 15.6. The van der Waals surface area contributed by atoms with E-state index >= 15 is 0 Å². The molecule has 0 aliphatic carbocycles. The molecule has 5 aromatic rings. The molecule has 1 aliphatic heterocycles. The highest BCUT2D eigenvalue weighted by molar-refractivity contribution is 6.11. The molecule has 0 radical (unpaired) electrons. The highest BCUT2D eigenvalue weighted by Gasteiger charge is 2.35. The molecule has 1 aliphatic rings. The first-order valence-electron chi connectivity index (χ1n) is 12.2. The average Bonchev–Trinajstić information content (AvgIpc) is 3.65. The number of carbonyl (C=O) groups excluding carboxylic acids is 1. The van der Waals surface area contributed by atoms with Crippen LogP contribution >= 0.6 is 0 Å². The molecule has 0 saturated carbocycles. The number of carbonyl (C=O) groups is 1. The van der Waals surface area contributed by atoms with Gasteiger partial charge in [0.05, 0.1) is 30.1 Å². The third-order valence-corrected chi connectivity index (χ3v) is 7.19. The van der Waals surface area contributed by atoms with Crippen LogP contribution in [0, 0.1) is 19.8 Å². The molecule has 12 nitrogen and oxygen atoms in total. The highest BCUT2D eigenvalue weighted by atomic mass is 16.5. The zero-order chi connectivity index (χ0) is 25.8. The van der Waals surface area contributed by atoms with Crippen LogP contribution in [-0.2, 0) is 23.6 Å². The number of esters is 1. The fourth-order valence-electron chi connectivity index (χ4n) is 5.59. The Morgan fingerprint density at radius 3 is 2.59 bits per heavy atom. The summed E-state index contributed by atoms with van der Waals surface area (Å²) in [6.45, 7) is 5.06. The molecule has 1 unspecified atom stereocenters. The molecule has 0 N–H and O–H groups in total. The van der Waals surface area contributed by atoms with Gasteiger partial charge in [-0.05, 0) is 31.7 Å². The Kier molecular flexibility index (Phi) is 5.55. The zero-order valence-electron chi connectivity index (χ0n) is 21.4. The first-order chi connectivity index (χ1) is 17.9. The maximum absolute atomic E-state index is 12.9. The predicted molar refractivity (Wildman–Crippen MR) is 133 cm³/mol. The number of methoxy groups -OCH3 is 1. The summed E-state index contributed by atoms with van der Waals surface area (Å²) in [5, 5.41) is 12.9. The third-order valence-electron chi connectivity index (χ3n) is 7.19. The molecule has 1 atom stereocenters. The lowest BCUT2D eigenvalue weighted by Gasteiger charge is -2.31. The summed E-state index contributed by atoms with van der Waals surface area (Å²) in [6.07, 6.45) is 5.19. The van der Waals surface area contributed by atoms with Crippen molar-refractivity contribution in [2.75, 3.05) is 20.3 Å². The Morgan fingerprint density at radius 2 is 1.95 bits per heavy atom. The van der Waals surface area contributed by atoms with Gasteiger partial charge in [0.1, 0.15) is 28.5 Å². The summed E-state index contributed by atoms with van der Waals surface area (Å²) in [7, 11) is 5.03. The van der Waals surface area contributed by atoms with Gasteiger partial charge in [-0.3, -0.25) is 9.67 Å². The van der Waals surface area contributed by atoms with E-state index in [1.54, 1.807) is 15.6 Å². The molecule has 6 heterocycles. The minimum Gasteiger partial charge on any atom is -0.464 e. The van der Waals surface area contributed by atoms with Gasteiger partial charge in [-0.25, -0.2) is 14.5 Å². The number of nitrogens with zero attached hydrogens (tertiary/aromatic N) is 8. The maximum atomic E-state index is 12.9. The van der Waals surface area contributed by atoms with E-state index in [4.69, 9.17) is 23.9 Å². The second-order valence-electron chi connectivity index (χ2n) is 9.46. The SMILES string of the molecule is COC(=O)c1nn(C)c2c3ncc(-c4c(C)nnn4C)cc3n(C(c3coc(C)n3)C3CCOCC3)c12. The van der Waals surface area contributed by atoms with Crippen LogP contribution in [0.4, 0.5) is 0 Å². The molecule has 1 saturated heterocycles. The topological polar surface area (TPSA) is 128 Å². The lowest BCUT2D eigenvalue weighted by molar-refractivity contribution is 0.0543. The molecule has 0 amide bonds. The first-order valence-corrected chi connectivity index (χ1v) is 12.2. The second kappa shape index (κ2) is 8.80. The molecule has 0 bridgehead atoms. The van der Waals surface area contributed by atoms with Gasteiger partial charge in [-0.2, -0.15) is 5.10 Å². The van der Waals surface area contributed by atoms with Crippen molar-refractivity contribution in [3.63, 3.8) is 0 Å². The number of pyridine rings is 1. The van der Waals surface area contributed by atoms with E-state index in [0.29, 0.717) is 24.6 Å². The lowest BCUT2D eigenvalue weighted by atomic mass is 9.89. The van der Waals surface area contributed by atoms with Crippen LogP contribution in [0.3, 0.4) is 0 Å². The number of ether oxygens (including phenoxy) is 2. The Bertz CT molecular complexity index is 1620. The third kappa shape index (κ3) is 3.62. The number of fused-ring (bicyclic) bond motifs is 3. The van der Waals surface area contributed by atoms with E-state index in [0.717, 1.165) is 52.0 Å². The fraction of sp³-hybridized carbons (Fsp3) is 0.440. The van der Waals surface area contributed by atoms with Crippen molar-refractivity contribution < 1.29 is 18.7 Å². The van der Waals surface area contributed by atoms with Crippen molar-refractivity contribution in [3.8, 4) is 11.3 Å². The summed E-state index contributed by atoms with van der Waals surface area (Å²) >= 11 is 0. The van der Waals surface area contributed by atoms with Crippen LogP contribution in [0.5, 0.6) is 0 Å². The van der Waals surface area contributed by atoms with Crippen molar-refractivity contribution in [2.24, 2.45) is 20.0 Å². The van der Waals surface area contributed by atoms with Gasteiger partial charge >= 0.3 is 5.97 Å². The highest BCUT2D eigenvalue weighted by Crippen LogP contribution is 2.42. The van der Waals surface area contributed by atoms with Gasteiger partial charge < -0.3 is 18.5 Å². The standard InChI is InChI=1S/C25H28N8O4/c1-13-21(32(4)30-28-13)16-10-18-19(26-11-16)23-24(20(25(34)35-5)29-31(23)3)33(18)22(15-6-8-36-9-7-15)17-12-37-14(2)27-17/h10-12,15,22H,6-9H2,1-5H3. The average molecular weight is 505 g/mol. The molecular weight excluding hydrogens is 476 g/mol. The van der Waals surface area contributed by atoms with Crippen LogP contribution in [0.25, 0.3) is 33.3 Å². The molecule has 6 rings (SSSR count). The number of hydrogen-bond acceptors (Lipinski definition) is 9. The summed E-state index contributed by atoms with van der Waals surface area (Å²) in [4.78, 5) is 22.6.